The zero-order valence-electron chi connectivity index (χ0n) is 7.12. The highest BCUT2D eigenvalue weighted by atomic mass is 16.3. The molecule has 1 aromatic rings. The van der Waals surface area contributed by atoms with E-state index in [0.717, 1.165) is 11.1 Å². The van der Waals surface area contributed by atoms with Crippen molar-refractivity contribution in [2.45, 2.75) is 13.0 Å². The number of aryl methyl sites for hydroxylation is 1. The van der Waals surface area contributed by atoms with Gasteiger partial charge in [-0.3, -0.25) is 0 Å². The van der Waals surface area contributed by atoms with Crippen molar-refractivity contribution in [3.05, 3.63) is 29.3 Å². The normalized spacial score (nSPS) is 12.9. The Balaban J connectivity index is 3.04. The van der Waals surface area contributed by atoms with Crippen LogP contribution >= 0.6 is 0 Å². The Morgan fingerprint density at radius 1 is 1.50 bits per heavy atom. The van der Waals surface area contributed by atoms with Crippen LogP contribution in [0.2, 0.25) is 0 Å². The molecular formula is C9H14N2O. The van der Waals surface area contributed by atoms with Crippen LogP contribution in [0.1, 0.15) is 17.2 Å². The molecule has 0 radical (unpaired) electrons. The summed E-state index contributed by atoms with van der Waals surface area (Å²) in [4.78, 5) is 0. The van der Waals surface area contributed by atoms with Gasteiger partial charge in [-0.15, -0.1) is 0 Å². The Kier molecular flexibility index (Phi) is 2.68. The third kappa shape index (κ3) is 1.75. The summed E-state index contributed by atoms with van der Waals surface area (Å²) in [7, 11) is 0. The van der Waals surface area contributed by atoms with Gasteiger partial charge in [-0.05, 0) is 30.2 Å². The smallest absolute Gasteiger partial charge is 0.115 e. The summed E-state index contributed by atoms with van der Waals surface area (Å²) >= 11 is 0. The average molecular weight is 166 g/mol. The lowest BCUT2D eigenvalue weighted by Gasteiger charge is -2.12. The molecule has 3 heteroatoms. The summed E-state index contributed by atoms with van der Waals surface area (Å²) in [6.45, 7) is 2.34. The summed E-state index contributed by atoms with van der Waals surface area (Å²) in [5.41, 5.74) is 13.1. The molecule has 5 N–H and O–H groups in total. The van der Waals surface area contributed by atoms with Crippen molar-refractivity contribution in [3.8, 4) is 5.75 Å². The van der Waals surface area contributed by atoms with Crippen LogP contribution in [0.15, 0.2) is 18.2 Å². The van der Waals surface area contributed by atoms with E-state index >= 15 is 0 Å². The Labute approximate surface area is 72.0 Å². The lowest BCUT2D eigenvalue weighted by Crippen LogP contribution is -2.21. The number of nitrogens with two attached hydrogens (primary N) is 2. The van der Waals surface area contributed by atoms with Crippen molar-refractivity contribution in [1.29, 1.82) is 0 Å². The molecule has 0 heterocycles. The Bertz CT molecular complexity index is 273. The van der Waals surface area contributed by atoms with Crippen LogP contribution in [-0.4, -0.2) is 11.7 Å². The van der Waals surface area contributed by atoms with Gasteiger partial charge in [0, 0.05) is 12.6 Å². The molecule has 1 unspecified atom stereocenters. The first-order valence-corrected chi connectivity index (χ1v) is 3.90. The molecule has 0 amide bonds. The first-order chi connectivity index (χ1) is 5.65. The molecule has 1 rings (SSSR count). The minimum atomic E-state index is -0.183. The van der Waals surface area contributed by atoms with Crippen LogP contribution < -0.4 is 11.5 Å². The zero-order valence-corrected chi connectivity index (χ0v) is 7.12. The molecule has 12 heavy (non-hydrogen) atoms. The summed E-state index contributed by atoms with van der Waals surface area (Å²) in [6.07, 6.45) is 0. The Morgan fingerprint density at radius 2 is 2.17 bits per heavy atom. The van der Waals surface area contributed by atoms with Gasteiger partial charge in [0.25, 0.3) is 0 Å². The quantitative estimate of drug-likeness (QED) is 0.604. The van der Waals surface area contributed by atoms with Crippen molar-refractivity contribution in [2.75, 3.05) is 6.54 Å². The van der Waals surface area contributed by atoms with Crippen LogP contribution in [0.3, 0.4) is 0 Å². The topological polar surface area (TPSA) is 72.3 Å². The van der Waals surface area contributed by atoms with E-state index in [0.29, 0.717) is 6.54 Å². The van der Waals surface area contributed by atoms with Gasteiger partial charge in [0.2, 0.25) is 0 Å². The number of phenolic OH excluding ortho intramolecular Hbond substituents is 1. The first kappa shape index (κ1) is 9.03. The second-order valence-corrected chi connectivity index (χ2v) is 2.88. The molecule has 0 saturated carbocycles. The van der Waals surface area contributed by atoms with Gasteiger partial charge in [-0.2, -0.15) is 0 Å². The summed E-state index contributed by atoms with van der Waals surface area (Å²) in [5.74, 6) is 0.236. The summed E-state index contributed by atoms with van der Waals surface area (Å²) in [5, 5.41) is 9.19. The summed E-state index contributed by atoms with van der Waals surface area (Å²) in [6, 6.07) is 4.95. The predicted octanol–water partition coefficient (Wildman–Crippen LogP) is 0.659. The molecule has 3 nitrogen and oxygen atoms in total. The van der Waals surface area contributed by atoms with E-state index in [9.17, 15) is 5.11 Å². The maximum absolute atomic E-state index is 9.19. The van der Waals surface area contributed by atoms with Crippen LogP contribution in [-0.2, 0) is 0 Å². The first-order valence-electron chi connectivity index (χ1n) is 3.90. The molecule has 0 aliphatic carbocycles. The SMILES string of the molecule is Cc1ccc(O)cc1C(N)CN. The molecule has 0 aliphatic rings. The molecule has 0 fully saturated rings. The monoisotopic (exact) mass is 166 g/mol. The van der Waals surface area contributed by atoms with Gasteiger partial charge in [0.05, 0.1) is 0 Å². The fourth-order valence-electron chi connectivity index (χ4n) is 1.15. The fourth-order valence-corrected chi connectivity index (χ4v) is 1.15. The van der Waals surface area contributed by atoms with Crippen molar-refractivity contribution < 1.29 is 5.11 Å². The van der Waals surface area contributed by atoms with Gasteiger partial charge in [-0.1, -0.05) is 6.07 Å². The van der Waals surface area contributed by atoms with Crippen molar-refractivity contribution in [1.82, 2.24) is 0 Å². The van der Waals surface area contributed by atoms with E-state index in [1.54, 1.807) is 12.1 Å². The minimum absolute atomic E-state index is 0.183. The van der Waals surface area contributed by atoms with E-state index < -0.39 is 0 Å². The van der Waals surface area contributed by atoms with Gasteiger partial charge in [0.1, 0.15) is 5.75 Å². The Hall–Kier alpha value is -1.06. The highest BCUT2D eigenvalue weighted by Crippen LogP contribution is 2.20. The van der Waals surface area contributed by atoms with Crippen molar-refractivity contribution in [2.24, 2.45) is 11.5 Å². The third-order valence-electron chi connectivity index (χ3n) is 1.92. The van der Waals surface area contributed by atoms with E-state index in [2.05, 4.69) is 0 Å². The molecule has 1 atom stereocenters. The van der Waals surface area contributed by atoms with E-state index in [1.807, 2.05) is 13.0 Å². The molecule has 0 aromatic heterocycles. The van der Waals surface area contributed by atoms with E-state index in [-0.39, 0.29) is 11.8 Å². The van der Waals surface area contributed by atoms with Gasteiger partial charge in [0.15, 0.2) is 0 Å². The van der Waals surface area contributed by atoms with Crippen LogP contribution in [0.25, 0.3) is 0 Å². The van der Waals surface area contributed by atoms with E-state index in [4.69, 9.17) is 11.5 Å². The lowest BCUT2D eigenvalue weighted by molar-refractivity contribution is 0.473. The zero-order chi connectivity index (χ0) is 9.14. The standard InChI is InChI=1S/C9H14N2O/c1-6-2-3-7(12)4-8(6)9(11)5-10/h2-4,9,12H,5,10-11H2,1H3. The highest BCUT2D eigenvalue weighted by molar-refractivity contribution is 5.36. The molecule has 0 aliphatic heterocycles. The Morgan fingerprint density at radius 3 is 2.75 bits per heavy atom. The molecule has 1 aromatic carbocycles. The largest absolute Gasteiger partial charge is 0.508 e. The van der Waals surface area contributed by atoms with Crippen molar-refractivity contribution >= 4 is 0 Å². The third-order valence-corrected chi connectivity index (χ3v) is 1.92. The predicted molar refractivity (Wildman–Crippen MR) is 48.8 cm³/mol. The second kappa shape index (κ2) is 3.56. The number of phenols is 1. The maximum Gasteiger partial charge on any atom is 0.115 e. The molecule has 66 valence electrons. The number of aromatic hydroxyl groups is 1. The second-order valence-electron chi connectivity index (χ2n) is 2.88. The average Bonchev–Trinajstić information content (AvgIpc) is 2.08. The minimum Gasteiger partial charge on any atom is -0.508 e. The highest BCUT2D eigenvalue weighted by Gasteiger charge is 2.06. The number of rotatable bonds is 2. The van der Waals surface area contributed by atoms with Crippen LogP contribution in [0.5, 0.6) is 5.75 Å². The van der Waals surface area contributed by atoms with Crippen molar-refractivity contribution in [3.63, 3.8) is 0 Å². The maximum atomic E-state index is 9.19. The van der Waals surface area contributed by atoms with E-state index in [1.165, 1.54) is 0 Å². The molecule has 0 spiro atoms. The number of hydrogen-bond acceptors (Lipinski definition) is 3. The molecular weight excluding hydrogens is 152 g/mol. The van der Waals surface area contributed by atoms with Gasteiger partial charge in [-0.25, -0.2) is 0 Å². The summed E-state index contributed by atoms with van der Waals surface area (Å²) < 4.78 is 0. The lowest BCUT2D eigenvalue weighted by atomic mass is 10.0. The van der Waals surface area contributed by atoms with Crippen LogP contribution in [0, 0.1) is 6.92 Å². The van der Waals surface area contributed by atoms with Crippen LogP contribution in [0.4, 0.5) is 0 Å². The number of benzene rings is 1. The van der Waals surface area contributed by atoms with Gasteiger partial charge < -0.3 is 16.6 Å². The van der Waals surface area contributed by atoms with Gasteiger partial charge >= 0.3 is 0 Å². The number of hydrogen-bond donors (Lipinski definition) is 3. The molecule has 0 saturated heterocycles. The fraction of sp³-hybridized carbons (Fsp3) is 0.333. The molecule has 0 bridgehead atoms.